The Labute approximate surface area is 143 Å². The van der Waals surface area contributed by atoms with Crippen molar-refractivity contribution in [2.24, 2.45) is 0 Å². The lowest BCUT2D eigenvalue weighted by Crippen LogP contribution is -2.42. The standard InChI is InChI=1S/C16H19BrN4O2/c1-10-8-20(13-7-11(17)5-6-14(13)23-10)15(22)12-9-21(19-18-12)16(2,3)4/h5-7,9-10H,8H2,1-4H3. The zero-order valence-corrected chi connectivity index (χ0v) is 15.2. The summed E-state index contributed by atoms with van der Waals surface area (Å²) < 4.78 is 8.40. The largest absolute Gasteiger partial charge is 0.487 e. The van der Waals surface area contributed by atoms with Crippen LogP contribution in [0.3, 0.4) is 0 Å². The van der Waals surface area contributed by atoms with Gasteiger partial charge in [0, 0.05) is 4.47 Å². The molecule has 23 heavy (non-hydrogen) atoms. The topological polar surface area (TPSA) is 60.2 Å². The fourth-order valence-corrected chi connectivity index (χ4v) is 2.78. The van der Waals surface area contributed by atoms with E-state index < -0.39 is 0 Å². The van der Waals surface area contributed by atoms with Crippen LogP contribution in [0.5, 0.6) is 5.75 Å². The zero-order chi connectivity index (χ0) is 16.8. The van der Waals surface area contributed by atoms with Crippen LogP contribution in [0.4, 0.5) is 5.69 Å². The summed E-state index contributed by atoms with van der Waals surface area (Å²) in [6, 6.07) is 5.64. The summed E-state index contributed by atoms with van der Waals surface area (Å²) in [4.78, 5) is 14.6. The van der Waals surface area contributed by atoms with E-state index in [0.29, 0.717) is 18.0 Å². The van der Waals surface area contributed by atoms with Crippen molar-refractivity contribution in [1.29, 1.82) is 0 Å². The molecule has 0 N–H and O–H groups in total. The fraction of sp³-hybridized carbons (Fsp3) is 0.438. The van der Waals surface area contributed by atoms with E-state index in [1.165, 1.54) is 0 Å². The third kappa shape index (κ3) is 3.10. The first-order valence-electron chi connectivity index (χ1n) is 7.46. The Morgan fingerprint density at radius 2 is 2.13 bits per heavy atom. The highest BCUT2D eigenvalue weighted by molar-refractivity contribution is 9.10. The molecule has 0 saturated heterocycles. The molecule has 0 saturated carbocycles. The average Bonchev–Trinajstić information content (AvgIpc) is 2.96. The zero-order valence-electron chi connectivity index (χ0n) is 13.6. The van der Waals surface area contributed by atoms with Crippen molar-refractivity contribution < 1.29 is 9.53 Å². The van der Waals surface area contributed by atoms with Gasteiger partial charge in [-0.1, -0.05) is 21.1 Å². The number of hydrogen-bond acceptors (Lipinski definition) is 4. The Morgan fingerprint density at radius 3 is 2.78 bits per heavy atom. The molecule has 1 aliphatic rings. The van der Waals surface area contributed by atoms with Crippen molar-refractivity contribution >= 4 is 27.5 Å². The van der Waals surface area contributed by atoms with Crippen molar-refractivity contribution in [2.45, 2.75) is 39.3 Å². The molecule has 1 amide bonds. The SMILES string of the molecule is CC1CN(C(=O)c2cn(C(C)(C)C)nn2)c2cc(Br)ccc2O1. The van der Waals surface area contributed by atoms with Gasteiger partial charge in [0.1, 0.15) is 11.9 Å². The number of carbonyl (C=O) groups excluding carboxylic acids is 1. The van der Waals surface area contributed by atoms with Crippen LogP contribution < -0.4 is 9.64 Å². The van der Waals surface area contributed by atoms with E-state index in [1.807, 2.05) is 45.9 Å². The van der Waals surface area contributed by atoms with Crippen LogP contribution in [0.25, 0.3) is 0 Å². The van der Waals surface area contributed by atoms with Gasteiger partial charge in [0.25, 0.3) is 5.91 Å². The van der Waals surface area contributed by atoms with E-state index in [0.717, 1.165) is 10.2 Å². The maximum Gasteiger partial charge on any atom is 0.280 e. The summed E-state index contributed by atoms with van der Waals surface area (Å²) in [5.41, 5.74) is 0.859. The number of nitrogens with zero attached hydrogens (tertiary/aromatic N) is 4. The molecular formula is C16H19BrN4O2. The van der Waals surface area contributed by atoms with E-state index in [2.05, 4.69) is 26.2 Å². The van der Waals surface area contributed by atoms with Crippen molar-refractivity contribution in [3.63, 3.8) is 0 Å². The van der Waals surface area contributed by atoms with E-state index in [1.54, 1.807) is 15.8 Å². The highest BCUT2D eigenvalue weighted by Gasteiger charge is 2.30. The molecule has 0 bridgehead atoms. The molecule has 2 aromatic rings. The molecule has 1 aromatic heterocycles. The quantitative estimate of drug-likeness (QED) is 0.764. The molecule has 3 rings (SSSR count). The van der Waals surface area contributed by atoms with Gasteiger partial charge >= 0.3 is 0 Å². The number of rotatable bonds is 1. The normalized spacial score (nSPS) is 17.6. The van der Waals surface area contributed by atoms with E-state index >= 15 is 0 Å². The van der Waals surface area contributed by atoms with E-state index in [4.69, 9.17) is 4.74 Å². The molecule has 1 atom stereocenters. The van der Waals surface area contributed by atoms with Crippen molar-refractivity contribution in [3.8, 4) is 5.75 Å². The van der Waals surface area contributed by atoms with Gasteiger partial charge in [0.15, 0.2) is 5.69 Å². The summed E-state index contributed by atoms with van der Waals surface area (Å²) in [7, 11) is 0. The van der Waals surface area contributed by atoms with Crippen LogP contribution in [0, 0.1) is 0 Å². The second kappa shape index (κ2) is 5.63. The Hall–Kier alpha value is -1.89. The third-order valence-corrected chi connectivity index (χ3v) is 4.12. The number of amides is 1. The molecule has 0 spiro atoms. The summed E-state index contributed by atoms with van der Waals surface area (Å²) in [5, 5.41) is 8.12. The maximum absolute atomic E-state index is 12.9. The van der Waals surface area contributed by atoms with Gasteiger partial charge in [-0.25, -0.2) is 4.68 Å². The van der Waals surface area contributed by atoms with Crippen LogP contribution >= 0.6 is 15.9 Å². The number of anilines is 1. The summed E-state index contributed by atoms with van der Waals surface area (Å²) in [5.74, 6) is 0.526. The van der Waals surface area contributed by atoms with Gasteiger partial charge < -0.3 is 4.74 Å². The second-order valence-corrected chi connectivity index (χ2v) is 7.59. The third-order valence-electron chi connectivity index (χ3n) is 3.62. The van der Waals surface area contributed by atoms with Crippen LogP contribution in [0.15, 0.2) is 28.9 Å². The summed E-state index contributed by atoms with van der Waals surface area (Å²) in [6.07, 6.45) is 1.62. The molecule has 1 unspecified atom stereocenters. The lowest BCUT2D eigenvalue weighted by molar-refractivity contribution is 0.0956. The predicted octanol–water partition coefficient (Wildman–Crippen LogP) is 3.22. The molecule has 122 valence electrons. The Bertz CT molecular complexity index is 751. The molecule has 1 aromatic carbocycles. The van der Waals surface area contributed by atoms with Crippen molar-refractivity contribution in [3.05, 3.63) is 34.6 Å². The van der Waals surface area contributed by atoms with E-state index in [9.17, 15) is 4.79 Å². The van der Waals surface area contributed by atoms with Gasteiger partial charge in [-0.15, -0.1) is 5.10 Å². The summed E-state index contributed by atoms with van der Waals surface area (Å²) in [6.45, 7) is 8.46. The highest BCUT2D eigenvalue weighted by Crippen LogP contribution is 2.36. The lowest BCUT2D eigenvalue weighted by Gasteiger charge is -2.33. The Kier molecular flexibility index (Phi) is 3.91. The highest BCUT2D eigenvalue weighted by atomic mass is 79.9. The van der Waals surface area contributed by atoms with E-state index in [-0.39, 0.29) is 17.6 Å². The van der Waals surface area contributed by atoms with Crippen LogP contribution in [-0.4, -0.2) is 33.5 Å². The van der Waals surface area contributed by atoms with Crippen molar-refractivity contribution in [1.82, 2.24) is 15.0 Å². The second-order valence-electron chi connectivity index (χ2n) is 6.68. The monoisotopic (exact) mass is 378 g/mol. The number of hydrogen-bond donors (Lipinski definition) is 0. The number of ether oxygens (including phenoxy) is 1. The number of halogens is 1. The number of aromatic nitrogens is 3. The minimum absolute atomic E-state index is 0.0784. The molecule has 6 nitrogen and oxygen atoms in total. The van der Waals surface area contributed by atoms with Gasteiger partial charge in [0.2, 0.25) is 0 Å². The van der Waals surface area contributed by atoms with Gasteiger partial charge in [-0.05, 0) is 45.9 Å². The molecule has 0 aliphatic carbocycles. The van der Waals surface area contributed by atoms with Crippen LogP contribution in [-0.2, 0) is 5.54 Å². The lowest BCUT2D eigenvalue weighted by atomic mass is 10.1. The number of benzene rings is 1. The summed E-state index contributed by atoms with van der Waals surface area (Å²) >= 11 is 3.44. The first kappa shape index (κ1) is 16.0. The first-order valence-corrected chi connectivity index (χ1v) is 8.26. The molecular weight excluding hydrogens is 360 g/mol. The van der Waals surface area contributed by atoms with Gasteiger partial charge in [-0.2, -0.15) is 0 Å². The van der Waals surface area contributed by atoms with Crippen molar-refractivity contribution in [2.75, 3.05) is 11.4 Å². The fourth-order valence-electron chi connectivity index (χ4n) is 2.43. The van der Waals surface area contributed by atoms with Crippen LogP contribution in [0.2, 0.25) is 0 Å². The maximum atomic E-state index is 12.9. The Balaban J connectivity index is 1.97. The molecule has 1 aliphatic heterocycles. The van der Waals surface area contributed by atoms with Gasteiger partial charge in [-0.3, -0.25) is 9.69 Å². The molecule has 7 heteroatoms. The molecule has 0 radical (unpaired) electrons. The van der Waals surface area contributed by atoms with Crippen LogP contribution in [0.1, 0.15) is 38.2 Å². The number of fused-ring (bicyclic) bond motifs is 1. The molecule has 0 fully saturated rings. The smallest absolute Gasteiger partial charge is 0.280 e. The van der Waals surface area contributed by atoms with Gasteiger partial charge in [0.05, 0.1) is 24.0 Å². The Morgan fingerprint density at radius 1 is 1.39 bits per heavy atom. The number of carbonyl (C=O) groups is 1. The first-order chi connectivity index (χ1) is 10.8. The average molecular weight is 379 g/mol. The predicted molar refractivity (Wildman–Crippen MR) is 90.9 cm³/mol. The minimum Gasteiger partial charge on any atom is -0.487 e. The molecule has 2 heterocycles. The minimum atomic E-state index is -0.217.